The number of amides is 2. The van der Waals surface area contributed by atoms with Crippen LogP contribution in [0.5, 0.6) is 0 Å². The Morgan fingerprint density at radius 2 is 1.79 bits per heavy atom. The van der Waals surface area contributed by atoms with Gasteiger partial charge < -0.3 is 15.4 Å². The van der Waals surface area contributed by atoms with Crippen LogP contribution in [0.25, 0.3) is 0 Å². The van der Waals surface area contributed by atoms with E-state index in [-0.39, 0.29) is 4.90 Å². The summed E-state index contributed by atoms with van der Waals surface area (Å²) in [4.78, 5) is 11.3. The summed E-state index contributed by atoms with van der Waals surface area (Å²) >= 11 is 0. The van der Waals surface area contributed by atoms with Gasteiger partial charge in [0.1, 0.15) is 0 Å². The molecule has 24 heavy (non-hydrogen) atoms. The fraction of sp³-hybridized carbons (Fsp3) is 0.533. The third-order valence-corrected chi connectivity index (χ3v) is 4.05. The molecule has 9 heteroatoms. The summed E-state index contributed by atoms with van der Waals surface area (Å²) in [6.45, 7) is 3.75. The summed E-state index contributed by atoms with van der Waals surface area (Å²) in [5.41, 5.74) is -4.49. The lowest BCUT2D eigenvalue weighted by Crippen LogP contribution is -2.30. The number of rotatable bonds is 9. The van der Waals surface area contributed by atoms with E-state index in [1.165, 1.54) is 12.1 Å². The zero-order chi connectivity index (χ0) is 18.0. The van der Waals surface area contributed by atoms with Crippen molar-refractivity contribution in [3.05, 3.63) is 24.3 Å². The van der Waals surface area contributed by atoms with E-state index in [0.29, 0.717) is 31.9 Å². The number of hydrogen-bond donors (Lipinski definition) is 2. The molecule has 0 radical (unpaired) electrons. The van der Waals surface area contributed by atoms with Crippen LogP contribution in [0.2, 0.25) is 0 Å². The smallest absolute Gasteiger partial charge is 0.381 e. The molecule has 1 aromatic rings. The van der Waals surface area contributed by atoms with E-state index in [2.05, 4.69) is 17.6 Å². The lowest BCUT2D eigenvalue weighted by atomic mass is 10.3. The molecule has 0 spiro atoms. The van der Waals surface area contributed by atoms with Crippen molar-refractivity contribution >= 4 is 22.5 Å². The Labute approximate surface area is 141 Å². The fourth-order valence-electron chi connectivity index (χ4n) is 1.70. The number of urea groups is 1. The molecule has 0 aliphatic heterocycles. The van der Waals surface area contributed by atoms with E-state index >= 15 is 0 Å². The molecule has 1 rings (SSSR count). The molecule has 0 heterocycles. The van der Waals surface area contributed by atoms with Gasteiger partial charge in [0.05, 0.1) is 0 Å². The van der Waals surface area contributed by atoms with Gasteiger partial charge in [0.2, 0.25) is 0 Å². The molecule has 1 aromatic carbocycles. The third kappa shape index (κ3) is 7.78. The van der Waals surface area contributed by atoms with Gasteiger partial charge in [0, 0.05) is 30.3 Å². The molecule has 0 aliphatic carbocycles. The maximum Gasteiger partial charge on any atom is 0.475 e. The summed E-state index contributed by atoms with van der Waals surface area (Å²) in [5, 5.41) is 5.10. The van der Waals surface area contributed by atoms with Crippen molar-refractivity contribution in [1.82, 2.24) is 5.32 Å². The van der Waals surface area contributed by atoms with Crippen LogP contribution >= 0.6 is 0 Å². The molecular formula is C15H21F3N2O3S. The quantitative estimate of drug-likeness (QED) is 0.656. The van der Waals surface area contributed by atoms with Gasteiger partial charge in [-0.1, -0.05) is 13.3 Å². The van der Waals surface area contributed by atoms with E-state index in [1.54, 1.807) is 0 Å². The minimum absolute atomic E-state index is 0.314. The molecule has 0 bridgehead atoms. The number of unbranched alkanes of at least 4 members (excludes halogenated alkanes) is 1. The molecule has 0 fully saturated rings. The average molecular weight is 366 g/mol. The molecule has 0 aromatic heterocycles. The number of carbonyl (C=O) groups is 1. The van der Waals surface area contributed by atoms with Gasteiger partial charge >= 0.3 is 11.5 Å². The number of anilines is 1. The van der Waals surface area contributed by atoms with Crippen LogP contribution < -0.4 is 10.6 Å². The highest BCUT2D eigenvalue weighted by atomic mass is 32.2. The van der Waals surface area contributed by atoms with Crippen LogP contribution in [-0.4, -0.2) is 35.5 Å². The van der Waals surface area contributed by atoms with Gasteiger partial charge in [0.25, 0.3) is 0 Å². The lowest BCUT2D eigenvalue weighted by molar-refractivity contribution is -0.0384. The Bertz CT molecular complexity index is 536. The second kappa shape index (κ2) is 10.3. The third-order valence-electron chi connectivity index (χ3n) is 2.93. The number of nitrogens with one attached hydrogen (secondary N) is 2. The Morgan fingerprint density at radius 3 is 2.38 bits per heavy atom. The second-order valence-corrected chi connectivity index (χ2v) is 6.41. The van der Waals surface area contributed by atoms with Gasteiger partial charge in [-0.05, 0) is 37.1 Å². The largest absolute Gasteiger partial charge is 0.475 e. The van der Waals surface area contributed by atoms with Crippen molar-refractivity contribution in [1.29, 1.82) is 0 Å². The first-order chi connectivity index (χ1) is 11.3. The van der Waals surface area contributed by atoms with E-state index in [9.17, 15) is 22.2 Å². The normalized spacial score (nSPS) is 12.7. The maximum absolute atomic E-state index is 12.3. The predicted molar refractivity (Wildman–Crippen MR) is 86.3 cm³/mol. The van der Waals surface area contributed by atoms with E-state index in [4.69, 9.17) is 4.74 Å². The first kappa shape index (κ1) is 20.4. The van der Waals surface area contributed by atoms with Crippen LogP contribution in [-0.2, 0) is 15.5 Å². The number of ether oxygens (including phenoxy) is 1. The molecule has 2 N–H and O–H groups in total. The molecule has 5 nitrogen and oxygen atoms in total. The number of carbonyl (C=O) groups excluding carboxylic acids is 1. The summed E-state index contributed by atoms with van der Waals surface area (Å²) in [5.74, 6) is 0. The Balaban J connectivity index is 2.31. The van der Waals surface area contributed by atoms with Gasteiger partial charge in [-0.3, -0.25) is 0 Å². The molecule has 136 valence electrons. The maximum atomic E-state index is 12.3. The molecule has 1 atom stereocenters. The molecule has 0 saturated carbocycles. The van der Waals surface area contributed by atoms with Gasteiger partial charge in [0.15, 0.2) is 10.8 Å². The van der Waals surface area contributed by atoms with Crippen molar-refractivity contribution < 1.29 is 26.9 Å². The molecule has 0 saturated heterocycles. The average Bonchev–Trinajstić information content (AvgIpc) is 2.53. The Morgan fingerprint density at radius 1 is 1.17 bits per heavy atom. The van der Waals surface area contributed by atoms with Gasteiger partial charge in [-0.25, -0.2) is 9.00 Å². The summed E-state index contributed by atoms with van der Waals surface area (Å²) in [7, 11) is -3.07. The van der Waals surface area contributed by atoms with E-state index < -0.39 is 22.3 Å². The zero-order valence-electron chi connectivity index (χ0n) is 13.3. The molecule has 0 aliphatic rings. The SMILES string of the molecule is CCCCOCCCNC(=O)Nc1ccc([S@](=O)C(F)(F)F)cc1. The van der Waals surface area contributed by atoms with Crippen LogP contribution in [0.1, 0.15) is 26.2 Å². The minimum Gasteiger partial charge on any atom is -0.381 e. The highest BCUT2D eigenvalue weighted by Gasteiger charge is 2.37. The van der Waals surface area contributed by atoms with Crippen molar-refractivity contribution in [2.75, 3.05) is 25.1 Å². The number of hydrogen-bond acceptors (Lipinski definition) is 3. The second-order valence-electron chi connectivity index (χ2n) is 4.94. The monoisotopic (exact) mass is 366 g/mol. The molecular weight excluding hydrogens is 345 g/mol. The summed E-state index contributed by atoms with van der Waals surface area (Å²) < 4.78 is 53.5. The zero-order valence-corrected chi connectivity index (χ0v) is 14.1. The van der Waals surface area contributed by atoms with Crippen molar-refractivity contribution in [3.8, 4) is 0 Å². The topological polar surface area (TPSA) is 67.4 Å². The van der Waals surface area contributed by atoms with Crippen LogP contribution in [0, 0.1) is 0 Å². The highest BCUT2D eigenvalue weighted by Crippen LogP contribution is 2.26. The molecule has 0 unspecified atom stereocenters. The van der Waals surface area contributed by atoms with E-state index in [1.807, 2.05) is 0 Å². The van der Waals surface area contributed by atoms with Crippen molar-refractivity contribution in [2.24, 2.45) is 0 Å². The van der Waals surface area contributed by atoms with Crippen molar-refractivity contribution in [3.63, 3.8) is 0 Å². The first-order valence-corrected chi connectivity index (χ1v) is 8.71. The Kier molecular flexibility index (Phi) is 8.77. The van der Waals surface area contributed by atoms with Gasteiger partial charge in [-0.2, -0.15) is 13.2 Å². The fourth-order valence-corrected chi connectivity index (χ4v) is 2.35. The Hall–Kier alpha value is -1.61. The number of benzene rings is 1. The van der Waals surface area contributed by atoms with Crippen molar-refractivity contribution in [2.45, 2.75) is 36.6 Å². The predicted octanol–water partition coefficient (Wildman–Crippen LogP) is 3.64. The van der Waals surface area contributed by atoms with Crippen LogP contribution in [0.4, 0.5) is 23.7 Å². The summed E-state index contributed by atoms with van der Waals surface area (Å²) in [6, 6.07) is 4.22. The number of alkyl halides is 3. The van der Waals surface area contributed by atoms with Crippen LogP contribution in [0.3, 0.4) is 0 Å². The number of halogens is 3. The van der Waals surface area contributed by atoms with E-state index in [0.717, 1.165) is 25.0 Å². The van der Waals surface area contributed by atoms with Gasteiger partial charge in [-0.15, -0.1) is 0 Å². The summed E-state index contributed by atoms with van der Waals surface area (Å²) in [6.07, 6.45) is 2.74. The van der Waals surface area contributed by atoms with Crippen LogP contribution in [0.15, 0.2) is 29.2 Å². The highest BCUT2D eigenvalue weighted by molar-refractivity contribution is 7.86. The standard InChI is InChI=1S/C15H21F3N2O3S/c1-2-3-10-23-11-4-9-19-14(21)20-12-5-7-13(8-6-12)24(22)15(16,17)18/h5-8H,2-4,9-11H2,1H3,(H2,19,20,21)/t24-/m0/s1. The molecule has 2 amide bonds. The first-order valence-electron chi connectivity index (χ1n) is 7.56. The minimum atomic E-state index is -4.80. The lowest BCUT2D eigenvalue weighted by Gasteiger charge is -2.09.